The predicted octanol–water partition coefficient (Wildman–Crippen LogP) is 0.333. The van der Waals surface area contributed by atoms with Gasteiger partial charge in [-0.2, -0.15) is 0 Å². The van der Waals surface area contributed by atoms with Crippen molar-refractivity contribution in [3.8, 4) is 12.3 Å². The molecule has 1 amide bonds. The fraction of sp³-hybridized carbons (Fsp3) is 0.600. The lowest BCUT2D eigenvalue weighted by Gasteiger charge is -2.18. The number of carboxylic acids is 1. The number of aliphatic carboxylic acids is 1. The van der Waals surface area contributed by atoms with Crippen LogP contribution in [0.1, 0.15) is 19.3 Å². The van der Waals surface area contributed by atoms with E-state index in [0.717, 1.165) is 12.8 Å². The standard InChI is InChI=1S/C10H13NO3/c1-2-5-11(7-8-3-4-8)9(12)6-10(13)14/h1,8H,3-7H2,(H,13,14). The van der Waals surface area contributed by atoms with Crippen LogP contribution in [-0.4, -0.2) is 35.0 Å². The van der Waals surface area contributed by atoms with Crippen LogP contribution in [0.25, 0.3) is 0 Å². The Labute approximate surface area is 82.9 Å². The number of nitrogens with zero attached hydrogens (tertiary/aromatic N) is 1. The van der Waals surface area contributed by atoms with E-state index in [1.165, 1.54) is 4.90 Å². The molecule has 1 aliphatic carbocycles. The molecule has 4 heteroatoms. The van der Waals surface area contributed by atoms with E-state index in [1.54, 1.807) is 0 Å². The Morgan fingerprint density at radius 2 is 2.14 bits per heavy atom. The molecule has 0 heterocycles. The number of terminal acetylenes is 1. The van der Waals surface area contributed by atoms with Gasteiger partial charge >= 0.3 is 5.97 Å². The van der Waals surface area contributed by atoms with Crippen molar-refractivity contribution in [2.24, 2.45) is 5.92 Å². The number of hydrogen-bond donors (Lipinski definition) is 1. The average Bonchev–Trinajstić information content (AvgIpc) is 2.86. The van der Waals surface area contributed by atoms with Gasteiger partial charge in [0.15, 0.2) is 0 Å². The van der Waals surface area contributed by atoms with Gasteiger partial charge in [-0.15, -0.1) is 6.42 Å². The highest BCUT2D eigenvalue weighted by atomic mass is 16.4. The van der Waals surface area contributed by atoms with E-state index in [9.17, 15) is 9.59 Å². The summed E-state index contributed by atoms with van der Waals surface area (Å²) in [6.07, 6.45) is 6.86. The largest absolute Gasteiger partial charge is 0.481 e. The molecule has 4 nitrogen and oxygen atoms in total. The molecule has 0 atom stereocenters. The fourth-order valence-corrected chi connectivity index (χ4v) is 1.22. The highest BCUT2D eigenvalue weighted by Gasteiger charge is 2.26. The number of amides is 1. The summed E-state index contributed by atoms with van der Waals surface area (Å²) < 4.78 is 0. The van der Waals surface area contributed by atoms with Crippen molar-refractivity contribution >= 4 is 11.9 Å². The topological polar surface area (TPSA) is 57.6 Å². The molecule has 1 saturated carbocycles. The van der Waals surface area contributed by atoms with E-state index in [0.29, 0.717) is 12.5 Å². The Bertz CT molecular complexity index is 276. The van der Waals surface area contributed by atoms with Crippen LogP contribution >= 0.6 is 0 Å². The van der Waals surface area contributed by atoms with Crippen molar-refractivity contribution in [3.05, 3.63) is 0 Å². The van der Waals surface area contributed by atoms with Gasteiger partial charge in [-0.25, -0.2) is 0 Å². The molecule has 76 valence electrons. The molecule has 0 aliphatic heterocycles. The van der Waals surface area contributed by atoms with Gasteiger partial charge in [0.25, 0.3) is 0 Å². The van der Waals surface area contributed by atoms with Crippen LogP contribution in [0, 0.1) is 18.3 Å². The summed E-state index contributed by atoms with van der Waals surface area (Å²) in [5, 5.41) is 8.45. The molecule has 0 aromatic heterocycles. The van der Waals surface area contributed by atoms with Crippen molar-refractivity contribution < 1.29 is 14.7 Å². The molecule has 0 radical (unpaired) electrons. The summed E-state index contributed by atoms with van der Waals surface area (Å²) in [7, 11) is 0. The van der Waals surface area contributed by atoms with E-state index < -0.39 is 12.4 Å². The quantitative estimate of drug-likeness (QED) is 0.508. The second kappa shape index (κ2) is 4.66. The Balaban J connectivity index is 2.43. The summed E-state index contributed by atoms with van der Waals surface area (Å²) in [5.74, 6) is 1.41. The van der Waals surface area contributed by atoms with Crippen LogP contribution < -0.4 is 0 Å². The van der Waals surface area contributed by atoms with Crippen molar-refractivity contribution in [1.82, 2.24) is 4.90 Å². The molecular formula is C10H13NO3. The first kappa shape index (κ1) is 10.6. The molecule has 1 aliphatic rings. The van der Waals surface area contributed by atoms with E-state index in [4.69, 9.17) is 11.5 Å². The van der Waals surface area contributed by atoms with Crippen molar-refractivity contribution in [2.45, 2.75) is 19.3 Å². The zero-order valence-corrected chi connectivity index (χ0v) is 7.90. The lowest BCUT2D eigenvalue weighted by Crippen LogP contribution is -2.34. The molecule has 1 rings (SSSR count). The molecule has 0 aromatic rings. The molecule has 1 N–H and O–H groups in total. The van der Waals surface area contributed by atoms with Gasteiger partial charge in [0, 0.05) is 6.54 Å². The number of carboxylic acid groups (broad SMARTS) is 1. The van der Waals surface area contributed by atoms with Gasteiger partial charge in [-0.1, -0.05) is 5.92 Å². The molecule has 0 spiro atoms. The summed E-state index contributed by atoms with van der Waals surface area (Å²) in [6.45, 7) is 0.818. The Hall–Kier alpha value is -1.50. The van der Waals surface area contributed by atoms with E-state index >= 15 is 0 Å². The minimum absolute atomic E-state index is 0.211. The molecule has 0 saturated heterocycles. The highest BCUT2D eigenvalue weighted by Crippen LogP contribution is 2.29. The number of hydrogen-bond acceptors (Lipinski definition) is 2. The zero-order valence-electron chi connectivity index (χ0n) is 7.90. The Kier molecular flexibility index (Phi) is 3.52. The molecule has 1 fully saturated rings. The molecule has 0 bridgehead atoms. The first-order valence-electron chi connectivity index (χ1n) is 4.56. The zero-order chi connectivity index (χ0) is 10.6. The van der Waals surface area contributed by atoms with Gasteiger partial charge < -0.3 is 10.0 Å². The van der Waals surface area contributed by atoms with Crippen molar-refractivity contribution in [2.75, 3.05) is 13.1 Å². The third kappa shape index (κ3) is 3.48. The lowest BCUT2D eigenvalue weighted by molar-refractivity contribution is -0.144. The number of carbonyl (C=O) groups excluding carboxylic acids is 1. The van der Waals surface area contributed by atoms with E-state index in [1.807, 2.05) is 0 Å². The van der Waals surface area contributed by atoms with Crippen molar-refractivity contribution in [3.63, 3.8) is 0 Å². The van der Waals surface area contributed by atoms with Crippen LogP contribution in [0.15, 0.2) is 0 Å². The first-order valence-corrected chi connectivity index (χ1v) is 4.56. The fourth-order valence-electron chi connectivity index (χ4n) is 1.22. The minimum Gasteiger partial charge on any atom is -0.481 e. The molecule has 14 heavy (non-hydrogen) atoms. The van der Waals surface area contributed by atoms with Crippen LogP contribution in [0.3, 0.4) is 0 Å². The van der Waals surface area contributed by atoms with Gasteiger partial charge in [-0.3, -0.25) is 9.59 Å². The van der Waals surface area contributed by atoms with Crippen molar-refractivity contribution in [1.29, 1.82) is 0 Å². The maximum atomic E-state index is 11.4. The van der Waals surface area contributed by atoms with Gasteiger partial charge in [0.1, 0.15) is 6.42 Å². The number of rotatable bonds is 5. The molecular weight excluding hydrogens is 182 g/mol. The smallest absolute Gasteiger partial charge is 0.312 e. The SMILES string of the molecule is C#CCN(CC1CC1)C(=O)CC(=O)O. The van der Waals surface area contributed by atoms with Gasteiger partial charge in [-0.05, 0) is 18.8 Å². The second-order valence-corrected chi connectivity index (χ2v) is 3.49. The monoisotopic (exact) mass is 195 g/mol. The summed E-state index contributed by atoms with van der Waals surface area (Å²) in [5.41, 5.74) is 0. The lowest BCUT2D eigenvalue weighted by atomic mass is 10.3. The predicted molar refractivity (Wildman–Crippen MR) is 50.4 cm³/mol. The van der Waals surface area contributed by atoms with E-state index in [-0.39, 0.29) is 12.5 Å². The Morgan fingerprint density at radius 3 is 2.57 bits per heavy atom. The molecule has 0 aromatic carbocycles. The second-order valence-electron chi connectivity index (χ2n) is 3.49. The van der Waals surface area contributed by atoms with Crippen LogP contribution in [-0.2, 0) is 9.59 Å². The van der Waals surface area contributed by atoms with E-state index in [2.05, 4.69) is 5.92 Å². The average molecular weight is 195 g/mol. The third-order valence-corrected chi connectivity index (χ3v) is 2.11. The normalized spacial score (nSPS) is 14.5. The minimum atomic E-state index is -1.10. The molecule has 0 unspecified atom stereocenters. The van der Waals surface area contributed by atoms with Crippen LogP contribution in [0.5, 0.6) is 0 Å². The summed E-state index contributed by atoms with van der Waals surface area (Å²) in [4.78, 5) is 23.1. The van der Waals surface area contributed by atoms with Crippen LogP contribution in [0.4, 0.5) is 0 Å². The van der Waals surface area contributed by atoms with Crippen LogP contribution in [0.2, 0.25) is 0 Å². The highest BCUT2D eigenvalue weighted by molar-refractivity contribution is 5.93. The van der Waals surface area contributed by atoms with Gasteiger partial charge in [0.2, 0.25) is 5.91 Å². The third-order valence-electron chi connectivity index (χ3n) is 2.11. The maximum Gasteiger partial charge on any atom is 0.312 e. The summed E-state index contributed by atoms with van der Waals surface area (Å²) >= 11 is 0. The van der Waals surface area contributed by atoms with Gasteiger partial charge in [0.05, 0.1) is 6.54 Å². The first-order chi connectivity index (χ1) is 6.63. The maximum absolute atomic E-state index is 11.4. The Morgan fingerprint density at radius 1 is 1.50 bits per heavy atom. The number of carbonyl (C=O) groups is 2. The summed E-state index contributed by atoms with van der Waals surface area (Å²) in [6, 6.07) is 0.